The second kappa shape index (κ2) is 6.73. The fourth-order valence-corrected chi connectivity index (χ4v) is 2.38. The lowest BCUT2D eigenvalue weighted by Crippen LogP contribution is -2.47. The maximum atomic E-state index is 12.0. The molecule has 1 heterocycles. The van der Waals surface area contributed by atoms with Gasteiger partial charge >= 0.3 is 5.97 Å². The number of carboxylic acid groups (broad SMARTS) is 1. The van der Waals surface area contributed by atoms with Gasteiger partial charge in [0.1, 0.15) is 0 Å². The van der Waals surface area contributed by atoms with Gasteiger partial charge in [-0.15, -0.1) is 0 Å². The number of rotatable bonds is 6. The number of carbonyl (C=O) groups excluding carboxylic acids is 1. The van der Waals surface area contributed by atoms with E-state index in [4.69, 9.17) is 5.11 Å². The van der Waals surface area contributed by atoms with E-state index in [1.165, 1.54) is 0 Å². The molecule has 5 nitrogen and oxygen atoms in total. The SMILES string of the molecule is CCCC(C)NC(=O)C(C)N1CCC(C(=O)O)C1. The minimum Gasteiger partial charge on any atom is -0.481 e. The average molecular weight is 256 g/mol. The van der Waals surface area contributed by atoms with E-state index < -0.39 is 5.97 Å². The second-order valence-corrected chi connectivity index (χ2v) is 5.19. The lowest BCUT2D eigenvalue weighted by molar-refractivity contribution is -0.141. The molecule has 104 valence electrons. The largest absolute Gasteiger partial charge is 0.481 e. The number of nitrogens with one attached hydrogen (secondary N) is 1. The van der Waals surface area contributed by atoms with Crippen LogP contribution in [0.4, 0.5) is 0 Å². The summed E-state index contributed by atoms with van der Waals surface area (Å²) in [4.78, 5) is 24.8. The highest BCUT2D eigenvalue weighted by molar-refractivity contribution is 5.81. The van der Waals surface area contributed by atoms with Crippen LogP contribution in [0.15, 0.2) is 0 Å². The molecule has 1 saturated heterocycles. The molecule has 0 aromatic heterocycles. The predicted octanol–water partition coefficient (Wildman–Crippen LogP) is 1.09. The van der Waals surface area contributed by atoms with Gasteiger partial charge in [0, 0.05) is 12.6 Å². The number of hydrogen-bond donors (Lipinski definition) is 2. The number of carbonyl (C=O) groups is 2. The Morgan fingerprint density at radius 2 is 2.11 bits per heavy atom. The number of hydrogen-bond acceptors (Lipinski definition) is 3. The van der Waals surface area contributed by atoms with Crippen molar-refractivity contribution in [1.82, 2.24) is 10.2 Å². The van der Waals surface area contributed by atoms with Crippen molar-refractivity contribution in [2.75, 3.05) is 13.1 Å². The Kier molecular flexibility index (Phi) is 5.59. The molecule has 1 aliphatic heterocycles. The summed E-state index contributed by atoms with van der Waals surface area (Å²) in [6.45, 7) is 7.10. The minimum atomic E-state index is -0.760. The summed E-state index contributed by atoms with van der Waals surface area (Å²) in [6.07, 6.45) is 2.65. The van der Waals surface area contributed by atoms with Crippen LogP contribution in [-0.4, -0.2) is 47.1 Å². The first kappa shape index (κ1) is 15.0. The van der Waals surface area contributed by atoms with Gasteiger partial charge in [0.25, 0.3) is 0 Å². The summed E-state index contributed by atoms with van der Waals surface area (Å²) < 4.78 is 0. The van der Waals surface area contributed by atoms with Crippen LogP contribution < -0.4 is 5.32 Å². The number of aliphatic carboxylic acids is 1. The summed E-state index contributed by atoms with van der Waals surface area (Å²) in [5, 5.41) is 11.9. The van der Waals surface area contributed by atoms with E-state index in [0.717, 1.165) is 12.8 Å². The van der Waals surface area contributed by atoms with Crippen LogP contribution in [-0.2, 0) is 9.59 Å². The van der Waals surface area contributed by atoms with Crippen molar-refractivity contribution in [1.29, 1.82) is 0 Å². The van der Waals surface area contributed by atoms with Gasteiger partial charge < -0.3 is 10.4 Å². The van der Waals surface area contributed by atoms with E-state index in [1.54, 1.807) is 0 Å². The smallest absolute Gasteiger partial charge is 0.307 e. The molecule has 0 bridgehead atoms. The summed E-state index contributed by atoms with van der Waals surface area (Å²) in [5.41, 5.74) is 0. The van der Waals surface area contributed by atoms with Crippen molar-refractivity contribution in [2.45, 2.75) is 52.1 Å². The average Bonchev–Trinajstić information content (AvgIpc) is 2.77. The normalized spacial score (nSPS) is 23.6. The molecule has 0 aromatic rings. The highest BCUT2D eigenvalue weighted by Gasteiger charge is 2.33. The molecule has 0 aliphatic carbocycles. The first-order valence-corrected chi connectivity index (χ1v) is 6.73. The van der Waals surface area contributed by atoms with Gasteiger partial charge in [-0.1, -0.05) is 13.3 Å². The van der Waals surface area contributed by atoms with Gasteiger partial charge in [-0.3, -0.25) is 14.5 Å². The van der Waals surface area contributed by atoms with Gasteiger partial charge in [-0.05, 0) is 33.2 Å². The van der Waals surface area contributed by atoms with E-state index in [-0.39, 0.29) is 23.9 Å². The van der Waals surface area contributed by atoms with Crippen LogP contribution in [0.5, 0.6) is 0 Å². The van der Waals surface area contributed by atoms with E-state index in [0.29, 0.717) is 19.5 Å². The van der Waals surface area contributed by atoms with Gasteiger partial charge in [-0.25, -0.2) is 0 Å². The molecule has 18 heavy (non-hydrogen) atoms. The van der Waals surface area contributed by atoms with Crippen molar-refractivity contribution in [3.8, 4) is 0 Å². The first-order valence-electron chi connectivity index (χ1n) is 6.73. The molecule has 0 radical (unpaired) electrons. The third kappa shape index (κ3) is 3.98. The maximum absolute atomic E-state index is 12.0. The molecule has 1 aliphatic rings. The number of amides is 1. The Hall–Kier alpha value is -1.10. The summed E-state index contributed by atoms with van der Waals surface area (Å²) in [7, 11) is 0. The summed E-state index contributed by atoms with van der Waals surface area (Å²) >= 11 is 0. The predicted molar refractivity (Wildman–Crippen MR) is 69.3 cm³/mol. The van der Waals surface area contributed by atoms with Gasteiger partial charge in [-0.2, -0.15) is 0 Å². The van der Waals surface area contributed by atoms with Crippen molar-refractivity contribution < 1.29 is 14.7 Å². The summed E-state index contributed by atoms with van der Waals surface area (Å²) in [6, 6.07) is -0.0588. The molecule has 0 aromatic carbocycles. The molecule has 1 rings (SSSR count). The van der Waals surface area contributed by atoms with Crippen molar-refractivity contribution in [3.63, 3.8) is 0 Å². The number of carboxylic acids is 1. The molecule has 5 heteroatoms. The highest BCUT2D eigenvalue weighted by Crippen LogP contribution is 2.18. The van der Waals surface area contributed by atoms with E-state index in [2.05, 4.69) is 12.2 Å². The zero-order valence-electron chi connectivity index (χ0n) is 11.5. The lowest BCUT2D eigenvalue weighted by atomic mass is 10.1. The van der Waals surface area contributed by atoms with Crippen LogP contribution >= 0.6 is 0 Å². The van der Waals surface area contributed by atoms with Gasteiger partial charge in [0.2, 0.25) is 5.91 Å². The Morgan fingerprint density at radius 3 is 2.61 bits per heavy atom. The quantitative estimate of drug-likeness (QED) is 0.746. The van der Waals surface area contributed by atoms with Crippen molar-refractivity contribution in [3.05, 3.63) is 0 Å². The van der Waals surface area contributed by atoms with Gasteiger partial charge in [0.05, 0.1) is 12.0 Å². The van der Waals surface area contributed by atoms with Crippen LogP contribution in [0.2, 0.25) is 0 Å². The third-order valence-corrected chi connectivity index (χ3v) is 3.61. The molecule has 3 atom stereocenters. The fourth-order valence-electron chi connectivity index (χ4n) is 2.38. The molecular formula is C13H24N2O3. The van der Waals surface area contributed by atoms with Crippen molar-refractivity contribution >= 4 is 11.9 Å². The van der Waals surface area contributed by atoms with Crippen LogP contribution in [0.25, 0.3) is 0 Å². The molecule has 1 amide bonds. The van der Waals surface area contributed by atoms with E-state index in [1.807, 2.05) is 18.7 Å². The Morgan fingerprint density at radius 1 is 1.44 bits per heavy atom. The molecular weight excluding hydrogens is 232 g/mol. The van der Waals surface area contributed by atoms with Gasteiger partial charge in [0.15, 0.2) is 0 Å². The number of nitrogens with zero attached hydrogens (tertiary/aromatic N) is 1. The molecule has 3 unspecified atom stereocenters. The maximum Gasteiger partial charge on any atom is 0.307 e. The Labute approximate surface area is 109 Å². The molecule has 2 N–H and O–H groups in total. The Balaban J connectivity index is 2.42. The third-order valence-electron chi connectivity index (χ3n) is 3.61. The summed E-state index contributed by atoms with van der Waals surface area (Å²) in [5.74, 6) is -1.08. The zero-order chi connectivity index (χ0) is 13.7. The molecule has 0 spiro atoms. The van der Waals surface area contributed by atoms with E-state index in [9.17, 15) is 9.59 Å². The Bertz CT molecular complexity index is 307. The van der Waals surface area contributed by atoms with Crippen LogP contribution in [0, 0.1) is 5.92 Å². The van der Waals surface area contributed by atoms with Crippen LogP contribution in [0.3, 0.4) is 0 Å². The zero-order valence-corrected chi connectivity index (χ0v) is 11.5. The molecule has 0 saturated carbocycles. The second-order valence-electron chi connectivity index (χ2n) is 5.19. The first-order chi connectivity index (χ1) is 8.45. The highest BCUT2D eigenvalue weighted by atomic mass is 16.4. The fraction of sp³-hybridized carbons (Fsp3) is 0.846. The monoisotopic (exact) mass is 256 g/mol. The lowest BCUT2D eigenvalue weighted by Gasteiger charge is -2.25. The standard InChI is InChI=1S/C13H24N2O3/c1-4-5-9(2)14-12(16)10(3)15-7-6-11(8-15)13(17)18/h9-11H,4-8H2,1-3H3,(H,14,16)(H,17,18). The van der Waals surface area contributed by atoms with E-state index >= 15 is 0 Å². The molecule has 1 fully saturated rings. The topological polar surface area (TPSA) is 69.6 Å². The number of likely N-dealkylation sites (tertiary alicyclic amines) is 1. The van der Waals surface area contributed by atoms with Crippen LogP contribution in [0.1, 0.15) is 40.0 Å². The minimum absolute atomic E-state index is 0.00184. The van der Waals surface area contributed by atoms with Crippen molar-refractivity contribution in [2.24, 2.45) is 5.92 Å².